The predicted octanol–water partition coefficient (Wildman–Crippen LogP) is 2.94. The van der Waals surface area contributed by atoms with Crippen molar-refractivity contribution in [2.75, 3.05) is 6.61 Å². The number of hydrogen-bond donors (Lipinski definition) is 1. The summed E-state index contributed by atoms with van der Waals surface area (Å²) in [4.78, 5) is 37.0. The van der Waals surface area contributed by atoms with Gasteiger partial charge in [0.25, 0.3) is 0 Å². The highest BCUT2D eigenvalue weighted by Gasteiger charge is 2.46. The zero-order valence-corrected chi connectivity index (χ0v) is 15.7. The van der Waals surface area contributed by atoms with Crippen LogP contribution in [0.5, 0.6) is 0 Å². The molecule has 1 aromatic rings. The molecule has 0 spiro atoms. The largest absolute Gasteiger partial charge is 0.465 e. The molecule has 0 aromatic heterocycles. The van der Waals surface area contributed by atoms with Crippen LogP contribution in [-0.4, -0.2) is 30.3 Å². The van der Waals surface area contributed by atoms with Gasteiger partial charge in [0.2, 0.25) is 5.91 Å². The van der Waals surface area contributed by atoms with Crippen LogP contribution >= 0.6 is 0 Å². The first kappa shape index (κ1) is 18.6. The maximum atomic E-state index is 12.7. The molecule has 1 N–H and O–H groups in total. The number of ketones is 1. The molecule has 1 saturated heterocycles. The summed E-state index contributed by atoms with van der Waals surface area (Å²) in [7, 11) is 0. The van der Waals surface area contributed by atoms with Crippen molar-refractivity contribution in [2.45, 2.75) is 57.9 Å². The van der Waals surface area contributed by atoms with Gasteiger partial charge in [0, 0.05) is 18.4 Å². The third-order valence-electron chi connectivity index (χ3n) is 5.66. The number of Topliss-reactive ketones (excluding diaryl/α,β-unsaturated/α-hetero) is 1. The predicted molar refractivity (Wildman–Crippen MR) is 97.7 cm³/mol. The molecule has 4 atom stereocenters. The zero-order chi connectivity index (χ0) is 18.8. The molecule has 5 nitrogen and oxygen atoms in total. The van der Waals surface area contributed by atoms with Gasteiger partial charge >= 0.3 is 5.97 Å². The van der Waals surface area contributed by atoms with Crippen molar-refractivity contribution in [3.05, 3.63) is 35.4 Å². The Bertz CT molecular complexity index is 694. The van der Waals surface area contributed by atoms with Gasteiger partial charge in [-0.05, 0) is 42.7 Å². The number of benzene rings is 1. The van der Waals surface area contributed by atoms with E-state index in [1.54, 1.807) is 6.92 Å². The lowest BCUT2D eigenvalue weighted by molar-refractivity contribution is -0.156. The molecule has 0 bridgehead atoms. The third-order valence-corrected chi connectivity index (χ3v) is 5.66. The molecule has 3 rings (SSSR count). The highest BCUT2D eigenvalue weighted by atomic mass is 16.5. The Kier molecular flexibility index (Phi) is 5.44. The summed E-state index contributed by atoms with van der Waals surface area (Å²) in [6, 6.07) is 8.24. The summed E-state index contributed by atoms with van der Waals surface area (Å²) in [6.45, 7) is 6.25. The van der Waals surface area contributed by atoms with E-state index in [0.29, 0.717) is 12.3 Å². The van der Waals surface area contributed by atoms with Crippen LogP contribution in [0.15, 0.2) is 24.3 Å². The Morgan fingerprint density at radius 2 is 1.88 bits per heavy atom. The van der Waals surface area contributed by atoms with Crippen LogP contribution in [0.25, 0.3) is 0 Å². The molecule has 140 valence electrons. The first-order chi connectivity index (χ1) is 12.4. The van der Waals surface area contributed by atoms with Gasteiger partial charge in [-0.2, -0.15) is 0 Å². The SMILES string of the molecule is CCOC(=O)C1CC2C(=O)CC(c3ccc(C(C)C)cc3)CC2NC1=O. The van der Waals surface area contributed by atoms with Crippen LogP contribution in [0.1, 0.15) is 63.0 Å². The molecule has 1 amide bonds. The number of amides is 1. The molecular weight excluding hydrogens is 330 g/mol. The van der Waals surface area contributed by atoms with Crippen molar-refractivity contribution in [1.29, 1.82) is 0 Å². The molecule has 1 heterocycles. The quantitative estimate of drug-likeness (QED) is 0.664. The van der Waals surface area contributed by atoms with Gasteiger partial charge in [-0.1, -0.05) is 38.1 Å². The van der Waals surface area contributed by atoms with E-state index in [-0.39, 0.29) is 42.6 Å². The Hall–Kier alpha value is -2.17. The number of carbonyl (C=O) groups is 3. The highest BCUT2D eigenvalue weighted by Crippen LogP contribution is 2.39. The van der Waals surface area contributed by atoms with Gasteiger partial charge < -0.3 is 10.1 Å². The first-order valence-corrected chi connectivity index (χ1v) is 9.50. The molecule has 26 heavy (non-hydrogen) atoms. The van der Waals surface area contributed by atoms with Gasteiger partial charge in [0.15, 0.2) is 0 Å². The fourth-order valence-corrected chi connectivity index (χ4v) is 4.13. The average Bonchev–Trinajstić information content (AvgIpc) is 2.61. The van der Waals surface area contributed by atoms with Crippen LogP contribution in [0.2, 0.25) is 0 Å². The number of carbonyl (C=O) groups excluding carboxylic acids is 3. The lowest BCUT2D eigenvalue weighted by atomic mass is 9.69. The van der Waals surface area contributed by atoms with Crippen molar-refractivity contribution in [1.82, 2.24) is 5.32 Å². The van der Waals surface area contributed by atoms with Crippen LogP contribution in [0.3, 0.4) is 0 Å². The number of nitrogens with one attached hydrogen (secondary N) is 1. The minimum absolute atomic E-state index is 0.115. The van der Waals surface area contributed by atoms with Gasteiger partial charge in [0.1, 0.15) is 11.7 Å². The average molecular weight is 357 g/mol. The Morgan fingerprint density at radius 3 is 2.50 bits per heavy atom. The summed E-state index contributed by atoms with van der Waals surface area (Å²) >= 11 is 0. The minimum Gasteiger partial charge on any atom is -0.465 e. The number of rotatable bonds is 4. The normalized spacial score (nSPS) is 28.5. The Morgan fingerprint density at radius 1 is 1.19 bits per heavy atom. The Labute approximate surface area is 154 Å². The zero-order valence-electron chi connectivity index (χ0n) is 15.7. The number of fused-ring (bicyclic) bond motifs is 1. The van der Waals surface area contributed by atoms with Crippen LogP contribution in [0, 0.1) is 11.8 Å². The molecule has 1 saturated carbocycles. The molecule has 1 aliphatic heterocycles. The van der Waals surface area contributed by atoms with Gasteiger partial charge in [-0.25, -0.2) is 0 Å². The van der Waals surface area contributed by atoms with Crippen molar-refractivity contribution in [2.24, 2.45) is 11.8 Å². The van der Waals surface area contributed by atoms with E-state index >= 15 is 0 Å². The van der Waals surface area contributed by atoms with E-state index in [0.717, 1.165) is 12.0 Å². The Balaban J connectivity index is 1.72. The molecule has 2 aliphatic rings. The van der Waals surface area contributed by atoms with E-state index in [9.17, 15) is 14.4 Å². The standard InChI is InChI=1S/C21H27NO4/c1-4-26-21(25)17-11-16-18(22-20(17)24)9-15(10-19(16)23)14-7-5-13(6-8-14)12(2)3/h5-8,12,15-18H,4,9-11H2,1-3H3,(H,22,24). The number of ether oxygens (including phenoxy) is 1. The number of esters is 1. The molecule has 4 unspecified atom stereocenters. The number of hydrogen-bond acceptors (Lipinski definition) is 4. The van der Waals surface area contributed by atoms with E-state index in [1.807, 2.05) is 0 Å². The topological polar surface area (TPSA) is 72.5 Å². The minimum atomic E-state index is -0.859. The van der Waals surface area contributed by atoms with Crippen molar-refractivity contribution >= 4 is 17.7 Å². The maximum absolute atomic E-state index is 12.7. The second-order valence-corrected chi connectivity index (χ2v) is 7.69. The first-order valence-electron chi connectivity index (χ1n) is 9.50. The molecular formula is C21H27NO4. The maximum Gasteiger partial charge on any atom is 0.318 e. The van der Waals surface area contributed by atoms with Gasteiger partial charge in [-0.15, -0.1) is 0 Å². The molecule has 2 fully saturated rings. The molecule has 0 radical (unpaired) electrons. The lowest BCUT2D eigenvalue weighted by Crippen LogP contribution is -2.56. The van der Waals surface area contributed by atoms with Crippen LogP contribution < -0.4 is 5.32 Å². The second-order valence-electron chi connectivity index (χ2n) is 7.69. The van der Waals surface area contributed by atoms with E-state index in [1.165, 1.54) is 5.56 Å². The lowest BCUT2D eigenvalue weighted by Gasteiger charge is -2.40. The van der Waals surface area contributed by atoms with Crippen molar-refractivity contribution < 1.29 is 19.1 Å². The fourth-order valence-electron chi connectivity index (χ4n) is 4.13. The second kappa shape index (κ2) is 7.60. The van der Waals surface area contributed by atoms with Gasteiger partial charge in [0.05, 0.1) is 6.61 Å². The van der Waals surface area contributed by atoms with Crippen molar-refractivity contribution in [3.63, 3.8) is 0 Å². The van der Waals surface area contributed by atoms with Gasteiger partial charge in [-0.3, -0.25) is 14.4 Å². The molecule has 5 heteroatoms. The summed E-state index contributed by atoms with van der Waals surface area (Å²) < 4.78 is 4.98. The van der Waals surface area contributed by atoms with E-state index in [4.69, 9.17) is 4.74 Å². The van der Waals surface area contributed by atoms with Crippen molar-refractivity contribution in [3.8, 4) is 0 Å². The number of piperidine rings is 1. The monoisotopic (exact) mass is 357 g/mol. The van der Waals surface area contributed by atoms with Crippen LogP contribution in [0.4, 0.5) is 0 Å². The van der Waals surface area contributed by atoms with Crippen LogP contribution in [-0.2, 0) is 19.1 Å². The summed E-state index contributed by atoms with van der Waals surface area (Å²) in [5, 5.41) is 2.91. The third kappa shape index (κ3) is 3.67. The molecule has 1 aromatic carbocycles. The summed E-state index contributed by atoms with van der Waals surface area (Å²) in [5.74, 6) is -1.26. The molecule has 1 aliphatic carbocycles. The van der Waals surface area contributed by atoms with E-state index < -0.39 is 11.9 Å². The fraction of sp³-hybridized carbons (Fsp3) is 0.571. The summed E-state index contributed by atoms with van der Waals surface area (Å²) in [6.07, 6.45) is 1.47. The highest BCUT2D eigenvalue weighted by molar-refractivity contribution is 6.00. The van der Waals surface area contributed by atoms with E-state index in [2.05, 4.69) is 43.4 Å². The summed E-state index contributed by atoms with van der Waals surface area (Å²) in [5.41, 5.74) is 2.42. The smallest absolute Gasteiger partial charge is 0.318 e.